The smallest absolute Gasteiger partial charge is 0.315 e. The van der Waals surface area contributed by atoms with Gasteiger partial charge in [-0.2, -0.15) is 10.2 Å². The van der Waals surface area contributed by atoms with Gasteiger partial charge < -0.3 is 10.6 Å². The standard InChI is InChI=1S/C21H18Cl2F2N8O/c1-11-28-19(32(30-11)13-3-5-15(22)17(24)7-13)9-26-21(34)27-10-20-29-12(2)31-33(20)14-4-6-16(23)18(25)8-14/h3-8H,9-10H2,1-2H3,(H2,26,27,34). The summed E-state index contributed by atoms with van der Waals surface area (Å²) in [7, 11) is 0. The Morgan fingerprint density at radius 2 is 1.24 bits per heavy atom. The predicted molar refractivity (Wildman–Crippen MR) is 121 cm³/mol. The third-order valence-electron chi connectivity index (χ3n) is 4.67. The van der Waals surface area contributed by atoms with Gasteiger partial charge in [-0.3, -0.25) is 0 Å². The SMILES string of the molecule is Cc1nc(CNC(=O)NCc2nc(C)nn2-c2ccc(Cl)c(F)c2)n(-c2ccc(Cl)c(F)c2)n1. The van der Waals surface area contributed by atoms with Crippen molar-refractivity contribution in [3.05, 3.63) is 81.4 Å². The van der Waals surface area contributed by atoms with Crippen molar-refractivity contribution < 1.29 is 13.6 Å². The maximum absolute atomic E-state index is 13.9. The quantitative estimate of drug-likeness (QED) is 0.410. The average Bonchev–Trinajstić information content (AvgIpc) is 3.36. The van der Waals surface area contributed by atoms with Gasteiger partial charge in [-0.25, -0.2) is 32.9 Å². The number of carbonyl (C=O) groups excluding carboxylic acids is 1. The Morgan fingerprint density at radius 1 is 0.824 bits per heavy atom. The van der Waals surface area contributed by atoms with E-state index in [1.807, 2.05) is 0 Å². The Hall–Kier alpha value is -3.57. The van der Waals surface area contributed by atoms with E-state index < -0.39 is 17.7 Å². The Bertz CT molecular complexity index is 1270. The van der Waals surface area contributed by atoms with Crippen LogP contribution in [0.5, 0.6) is 0 Å². The number of aryl methyl sites for hydroxylation is 2. The van der Waals surface area contributed by atoms with E-state index >= 15 is 0 Å². The maximum atomic E-state index is 13.9. The molecule has 34 heavy (non-hydrogen) atoms. The molecular weight excluding hydrogens is 489 g/mol. The Morgan fingerprint density at radius 3 is 1.62 bits per heavy atom. The summed E-state index contributed by atoms with van der Waals surface area (Å²) in [5.41, 5.74) is 0.831. The van der Waals surface area contributed by atoms with Crippen LogP contribution in [0.3, 0.4) is 0 Å². The van der Waals surface area contributed by atoms with Crippen molar-refractivity contribution in [3.8, 4) is 11.4 Å². The lowest BCUT2D eigenvalue weighted by Gasteiger charge is -2.10. The lowest BCUT2D eigenvalue weighted by molar-refractivity contribution is 0.239. The van der Waals surface area contributed by atoms with E-state index in [4.69, 9.17) is 23.2 Å². The number of hydrogen-bond donors (Lipinski definition) is 2. The summed E-state index contributed by atoms with van der Waals surface area (Å²) < 4.78 is 30.6. The molecule has 4 rings (SSSR count). The van der Waals surface area contributed by atoms with Gasteiger partial charge in [-0.05, 0) is 38.1 Å². The molecule has 4 aromatic rings. The van der Waals surface area contributed by atoms with Gasteiger partial charge in [-0.1, -0.05) is 23.2 Å². The molecule has 0 saturated carbocycles. The second-order valence-electron chi connectivity index (χ2n) is 7.21. The maximum Gasteiger partial charge on any atom is 0.315 e. The van der Waals surface area contributed by atoms with Crippen LogP contribution in [-0.4, -0.2) is 35.6 Å². The molecule has 2 heterocycles. The van der Waals surface area contributed by atoms with Gasteiger partial charge in [0.25, 0.3) is 0 Å². The zero-order valence-corrected chi connectivity index (χ0v) is 19.5. The minimum atomic E-state index is -0.594. The molecule has 176 valence electrons. The zero-order valence-electron chi connectivity index (χ0n) is 18.0. The molecule has 2 aromatic carbocycles. The van der Waals surface area contributed by atoms with Gasteiger partial charge in [0, 0.05) is 12.1 Å². The van der Waals surface area contributed by atoms with Gasteiger partial charge in [0.15, 0.2) is 11.6 Å². The Balaban J connectivity index is 1.43. The number of urea groups is 1. The summed E-state index contributed by atoms with van der Waals surface area (Å²) in [6.45, 7) is 3.40. The molecule has 0 radical (unpaired) electrons. The van der Waals surface area contributed by atoms with E-state index in [1.54, 1.807) is 26.0 Å². The number of nitrogens with zero attached hydrogens (tertiary/aromatic N) is 6. The topological polar surface area (TPSA) is 103 Å². The van der Waals surface area contributed by atoms with E-state index in [9.17, 15) is 13.6 Å². The summed E-state index contributed by atoms with van der Waals surface area (Å²) in [6, 6.07) is 7.97. The molecule has 0 aliphatic heterocycles. The molecule has 0 saturated heterocycles. The third kappa shape index (κ3) is 5.15. The molecular formula is C21H18Cl2F2N8O. The normalized spacial score (nSPS) is 11.0. The minimum absolute atomic E-state index is 0.0101. The number of halogens is 4. The number of hydrogen-bond acceptors (Lipinski definition) is 5. The summed E-state index contributed by atoms with van der Waals surface area (Å²) in [6.07, 6.45) is 0. The molecule has 0 aliphatic carbocycles. The first-order chi connectivity index (χ1) is 16.2. The second kappa shape index (κ2) is 9.74. The van der Waals surface area contributed by atoms with Crippen molar-refractivity contribution >= 4 is 29.2 Å². The van der Waals surface area contributed by atoms with Crippen LogP contribution in [0.15, 0.2) is 36.4 Å². The lowest BCUT2D eigenvalue weighted by Crippen LogP contribution is -2.36. The zero-order chi connectivity index (χ0) is 24.4. The van der Waals surface area contributed by atoms with Crippen LogP contribution < -0.4 is 10.6 Å². The first-order valence-corrected chi connectivity index (χ1v) is 10.7. The van der Waals surface area contributed by atoms with Crippen LogP contribution in [-0.2, 0) is 13.1 Å². The highest BCUT2D eigenvalue weighted by Crippen LogP contribution is 2.20. The number of rotatable bonds is 6. The number of aromatic nitrogens is 6. The van der Waals surface area contributed by atoms with Crippen molar-refractivity contribution in [1.29, 1.82) is 0 Å². The molecule has 0 aliphatic rings. The van der Waals surface area contributed by atoms with E-state index in [2.05, 4.69) is 30.8 Å². The molecule has 0 spiro atoms. The van der Waals surface area contributed by atoms with Crippen LogP contribution in [0.2, 0.25) is 10.0 Å². The minimum Gasteiger partial charge on any atom is -0.331 e. The van der Waals surface area contributed by atoms with Crippen molar-refractivity contribution in [3.63, 3.8) is 0 Å². The van der Waals surface area contributed by atoms with Gasteiger partial charge in [0.2, 0.25) is 0 Å². The largest absolute Gasteiger partial charge is 0.331 e. The van der Waals surface area contributed by atoms with Crippen LogP contribution >= 0.6 is 23.2 Å². The fraction of sp³-hybridized carbons (Fsp3) is 0.190. The van der Waals surface area contributed by atoms with E-state index in [0.717, 1.165) is 0 Å². The van der Waals surface area contributed by atoms with E-state index in [1.165, 1.54) is 33.6 Å². The molecule has 0 bridgehead atoms. The third-order valence-corrected chi connectivity index (χ3v) is 5.28. The molecule has 2 aromatic heterocycles. The molecule has 13 heteroatoms. The fourth-order valence-corrected chi connectivity index (χ4v) is 3.41. The van der Waals surface area contributed by atoms with E-state index in [0.29, 0.717) is 34.7 Å². The number of amides is 2. The van der Waals surface area contributed by atoms with Gasteiger partial charge in [-0.15, -0.1) is 0 Å². The number of carbonyl (C=O) groups is 1. The van der Waals surface area contributed by atoms with Gasteiger partial charge in [0.1, 0.15) is 23.3 Å². The highest BCUT2D eigenvalue weighted by molar-refractivity contribution is 6.31. The van der Waals surface area contributed by atoms with Gasteiger partial charge in [0.05, 0.1) is 34.5 Å². The van der Waals surface area contributed by atoms with Crippen molar-refractivity contribution in [1.82, 2.24) is 40.2 Å². The summed E-state index contributed by atoms with van der Waals surface area (Å²) in [5, 5.41) is 13.8. The molecule has 9 nitrogen and oxygen atoms in total. The first-order valence-electron chi connectivity index (χ1n) is 9.99. The first kappa shape index (κ1) is 23.6. The average molecular weight is 507 g/mol. The van der Waals surface area contributed by atoms with Crippen LogP contribution in [0.25, 0.3) is 11.4 Å². The summed E-state index contributed by atoms with van der Waals surface area (Å²) in [5.74, 6) is 0.501. The predicted octanol–water partition coefficient (Wildman–Crippen LogP) is 4.05. The molecule has 2 N–H and O–H groups in total. The highest BCUT2D eigenvalue weighted by Gasteiger charge is 2.15. The molecule has 0 unspecified atom stereocenters. The summed E-state index contributed by atoms with van der Waals surface area (Å²) in [4.78, 5) is 21.0. The lowest BCUT2D eigenvalue weighted by atomic mass is 10.3. The van der Waals surface area contributed by atoms with Crippen molar-refractivity contribution in [2.75, 3.05) is 0 Å². The van der Waals surface area contributed by atoms with Crippen LogP contribution in [0.4, 0.5) is 13.6 Å². The Kier molecular flexibility index (Phi) is 6.75. The Labute approximate surface area is 202 Å². The fourth-order valence-electron chi connectivity index (χ4n) is 3.17. The van der Waals surface area contributed by atoms with Crippen LogP contribution in [0.1, 0.15) is 23.3 Å². The van der Waals surface area contributed by atoms with E-state index in [-0.39, 0.29) is 23.1 Å². The molecule has 0 atom stereocenters. The number of nitrogens with one attached hydrogen (secondary N) is 2. The highest BCUT2D eigenvalue weighted by atomic mass is 35.5. The van der Waals surface area contributed by atoms with Crippen LogP contribution in [0, 0.1) is 25.5 Å². The molecule has 0 fully saturated rings. The number of benzene rings is 2. The van der Waals surface area contributed by atoms with Crippen molar-refractivity contribution in [2.24, 2.45) is 0 Å². The molecule has 2 amide bonds. The van der Waals surface area contributed by atoms with Gasteiger partial charge >= 0.3 is 6.03 Å². The monoisotopic (exact) mass is 506 g/mol. The second-order valence-corrected chi connectivity index (χ2v) is 8.02. The summed E-state index contributed by atoms with van der Waals surface area (Å²) >= 11 is 11.5. The van der Waals surface area contributed by atoms with Crippen molar-refractivity contribution in [2.45, 2.75) is 26.9 Å².